The van der Waals surface area contributed by atoms with Crippen molar-refractivity contribution in [2.75, 3.05) is 26.2 Å². The smallest absolute Gasteiger partial charge is 0.0260 e. The Bertz CT molecular complexity index is 179. The summed E-state index contributed by atoms with van der Waals surface area (Å²) >= 11 is 0. The molecule has 2 heterocycles. The van der Waals surface area contributed by atoms with Crippen LogP contribution < -0.4 is 5.32 Å². The molecule has 1 N–H and O–H groups in total. The Morgan fingerprint density at radius 1 is 1.36 bits per heavy atom. The molecule has 2 aliphatic heterocycles. The largest absolute Gasteiger partial charge is 0.315 e. The number of hydrogen-bond acceptors (Lipinski definition) is 2. The van der Waals surface area contributed by atoms with Crippen LogP contribution >= 0.6 is 0 Å². The monoisotopic (exact) mass is 196 g/mol. The van der Waals surface area contributed by atoms with Crippen LogP contribution in [0.25, 0.3) is 0 Å². The SMILES string of the molecule is CC(C)CCN1CCCC2CNCC21. The van der Waals surface area contributed by atoms with E-state index in [1.54, 1.807) is 0 Å². The third kappa shape index (κ3) is 2.29. The first-order chi connectivity index (χ1) is 6.77. The van der Waals surface area contributed by atoms with Crippen LogP contribution in [0.5, 0.6) is 0 Å². The molecule has 0 aromatic heterocycles. The maximum atomic E-state index is 3.54. The minimum Gasteiger partial charge on any atom is -0.315 e. The number of nitrogens with one attached hydrogen (secondary N) is 1. The molecule has 2 nitrogen and oxygen atoms in total. The van der Waals surface area contributed by atoms with E-state index in [-0.39, 0.29) is 0 Å². The molecule has 0 aromatic rings. The average Bonchev–Trinajstić information content (AvgIpc) is 2.62. The summed E-state index contributed by atoms with van der Waals surface area (Å²) < 4.78 is 0. The highest BCUT2D eigenvalue weighted by molar-refractivity contribution is 4.91. The molecule has 2 atom stereocenters. The lowest BCUT2D eigenvalue weighted by Gasteiger charge is -2.37. The van der Waals surface area contributed by atoms with Gasteiger partial charge in [-0.1, -0.05) is 13.8 Å². The van der Waals surface area contributed by atoms with Gasteiger partial charge >= 0.3 is 0 Å². The topological polar surface area (TPSA) is 15.3 Å². The van der Waals surface area contributed by atoms with Crippen molar-refractivity contribution in [2.24, 2.45) is 11.8 Å². The first kappa shape index (κ1) is 10.4. The predicted octanol–water partition coefficient (Wildman–Crippen LogP) is 1.72. The Kier molecular flexibility index (Phi) is 3.45. The van der Waals surface area contributed by atoms with Crippen LogP contribution in [0.1, 0.15) is 33.1 Å². The highest BCUT2D eigenvalue weighted by Gasteiger charge is 2.34. The Hall–Kier alpha value is -0.0800. The van der Waals surface area contributed by atoms with Gasteiger partial charge in [-0.25, -0.2) is 0 Å². The molecule has 0 spiro atoms. The lowest BCUT2D eigenvalue weighted by Crippen LogP contribution is -2.45. The van der Waals surface area contributed by atoms with Gasteiger partial charge in [0.15, 0.2) is 0 Å². The molecule has 14 heavy (non-hydrogen) atoms. The third-order valence-electron chi connectivity index (χ3n) is 3.79. The van der Waals surface area contributed by atoms with Crippen LogP contribution in [0.3, 0.4) is 0 Å². The highest BCUT2D eigenvalue weighted by atomic mass is 15.2. The summed E-state index contributed by atoms with van der Waals surface area (Å²) in [6, 6.07) is 0.863. The number of nitrogens with zero attached hydrogens (tertiary/aromatic N) is 1. The summed E-state index contributed by atoms with van der Waals surface area (Å²) in [6.45, 7) is 9.82. The predicted molar refractivity (Wildman–Crippen MR) is 60.4 cm³/mol. The average molecular weight is 196 g/mol. The van der Waals surface area contributed by atoms with Crippen molar-refractivity contribution in [3.63, 3.8) is 0 Å². The van der Waals surface area contributed by atoms with Gasteiger partial charge in [0.1, 0.15) is 0 Å². The van der Waals surface area contributed by atoms with Crippen LogP contribution in [-0.4, -0.2) is 37.1 Å². The van der Waals surface area contributed by atoms with Crippen molar-refractivity contribution >= 4 is 0 Å². The fraction of sp³-hybridized carbons (Fsp3) is 1.00. The van der Waals surface area contributed by atoms with Gasteiger partial charge < -0.3 is 5.32 Å². The molecular weight excluding hydrogens is 172 g/mol. The summed E-state index contributed by atoms with van der Waals surface area (Å²) in [5, 5.41) is 3.54. The first-order valence-corrected chi connectivity index (χ1v) is 6.22. The third-order valence-corrected chi connectivity index (χ3v) is 3.79. The van der Waals surface area contributed by atoms with Crippen LogP contribution in [0.15, 0.2) is 0 Å². The van der Waals surface area contributed by atoms with Crippen molar-refractivity contribution in [3.05, 3.63) is 0 Å². The second-order valence-electron chi connectivity index (χ2n) is 5.35. The van der Waals surface area contributed by atoms with Gasteiger partial charge in [-0.2, -0.15) is 0 Å². The van der Waals surface area contributed by atoms with Crippen LogP contribution in [0.4, 0.5) is 0 Å². The van der Waals surface area contributed by atoms with Gasteiger partial charge in [0.2, 0.25) is 0 Å². The van der Waals surface area contributed by atoms with E-state index >= 15 is 0 Å². The van der Waals surface area contributed by atoms with Crippen molar-refractivity contribution in [1.29, 1.82) is 0 Å². The summed E-state index contributed by atoms with van der Waals surface area (Å²) in [4.78, 5) is 2.73. The van der Waals surface area contributed by atoms with Gasteiger partial charge in [-0.3, -0.25) is 4.90 Å². The van der Waals surface area contributed by atoms with E-state index in [0.29, 0.717) is 0 Å². The van der Waals surface area contributed by atoms with E-state index in [9.17, 15) is 0 Å². The number of likely N-dealkylation sites (tertiary alicyclic amines) is 1. The van der Waals surface area contributed by atoms with Gasteiger partial charge in [0.25, 0.3) is 0 Å². The first-order valence-electron chi connectivity index (χ1n) is 6.22. The molecule has 82 valence electrons. The lowest BCUT2D eigenvalue weighted by atomic mass is 9.91. The Morgan fingerprint density at radius 2 is 2.21 bits per heavy atom. The van der Waals surface area contributed by atoms with E-state index in [2.05, 4.69) is 24.1 Å². The maximum absolute atomic E-state index is 3.54. The molecule has 2 heteroatoms. The second-order valence-corrected chi connectivity index (χ2v) is 5.35. The van der Waals surface area contributed by atoms with E-state index in [1.807, 2.05) is 0 Å². The van der Waals surface area contributed by atoms with Crippen LogP contribution in [0, 0.1) is 11.8 Å². The Balaban J connectivity index is 1.84. The molecule has 2 saturated heterocycles. The molecule has 2 unspecified atom stereocenters. The summed E-state index contributed by atoms with van der Waals surface area (Å²) in [5.41, 5.74) is 0. The molecule has 0 amide bonds. The molecule has 0 bridgehead atoms. The number of fused-ring (bicyclic) bond motifs is 1. The molecule has 0 aliphatic carbocycles. The summed E-state index contributed by atoms with van der Waals surface area (Å²) in [7, 11) is 0. The zero-order valence-electron chi connectivity index (χ0n) is 9.63. The fourth-order valence-corrected chi connectivity index (χ4v) is 2.87. The van der Waals surface area contributed by atoms with Crippen LogP contribution in [-0.2, 0) is 0 Å². The zero-order chi connectivity index (χ0) is 9.97. The molecule has 2 fully saturated rings. The van der Waals surface area contributed by atoms with E-state index in [4.69, 9.17) is 0 Å². The van der Waals surface area contributed by atoms with Crippen molar-refractivity contribution < 1.29 is 0 Å². The molecular formula is C12H24N2. The van der Waals surface area contributed by atoms with E-state index in [1.165, 1.54) is 45.4 Å². The maximum Gasteiger partial charge on any atom is 0.0260 e. The molecule has 0 radical (unpaired) electrons. The zero-order valence-corrected chi connectivity index (χ0v) is 9.63. The Morgan fingerprint density at radius 3 is 3.00 bits per heavy atom. The van der Waals surface area contributed by atoms with Gasteiger partial charge in [-0.05, 0) is 50.7 Å². The van der Waals surface area contributed by atoms with Crippen molar-refractivity contribution in [1.82, 2.24) is 10.2 Å². The second kappa shape index (κ2) is 4.63. The standard InChI is InChI=1S/C12H24N2/c1-10(2)5-7-14-6-3-4-11-8-13-9-12(11)14/h10-13H,3-9H2,1-2H3. The van der Waals surface area contributed by atoms with Gasteiger partial charge in [0, 0.05) is 12.6 Å². The van der Waals surface area contributed by atoms with Crippen LogP contribution in [0.2, 0.25) is 0 Å². The van der Waals surface area contributed by atoms with E-state index in [0.717, 1.165) is 17.9 Å². The molecule has 0 saturated carbocycles. The highest BCUT2D eigenvalue weighted by Crippen LogP contribution is 2.26. The summed E-state index contributed by atoms with van der Waals surface area (Å²) in [5.74, 6) is 1.81. The molecule has 2 aliphatic rings. The normalized spacial score (nSPS) is 33.6. The molecule has 0 aromatic carbocycles. The van der Waals surface area contributed by atoms with E-state index < -0.39 is 0 Å². The van der Waals surface area contributed by atoms with Gasteiger partial charge in [0.05, 0.1) is 0 Å². The minimum absolute atomic E-state index is 0.852. The number of piperidine rings is 1. The lowest BCUT2D eigenvalue weighted by molar-refractivity contribution is 0.119. The quantitative estimate of drug-likeness (QED) is 0.739. The minimum atomic E-state index is 0.852. The molecule has 2 rings (SSSR count). The Labute approximate surface area is 88.1 Å². The van der Waals surface area contributed by atoms with Crippen molar-refractivity contribution in [3.8, 4) is 0 Å². The number of rotatable bonds is 3. The van der Waals surface area contributed by atoms with Crippen molar-refractivity contribution in [2.45, 2.75) is 39.2 Å². The fourth-order valence-electron chi connectivity index (χ4n) is 2.87. The number of hydrogen-bond donors (Lipinski definition) is 1. The van der Waals surface area contributed by atoms with Gasteiger partial charge in [-0.15, -0.1) is 0 Å². The summed E-state index contributed by atoms with van der Waals surface area (Å²) in [6.07, 6.45) is 4.24.